The van der Waals surface area contributed by atoms with Gasteiger partial charge in [-0.05, 0) is 57.3 Å². The Morgan fingerprint density at radius 2 is 1.94 bits per heavy atom. The van der Waals surface area contributed by atoms with Crippen molar-refractivity contribution in [2.45, 2.75) is 39.5 Å². The highest BCUT2D eigenvalue weighted by atomic mass is 16.5. The third-order valence-corrected chi connectivity index (χ3v) is 3.24. The molecule has 2 N–H and O–H groups in total. The van der Waals surface area contributed by atoms with Crippen molar-refractivity contribution >= 4 is 5.97 Å². The van der Waals surface area contributed by atoms with Crippen molar-refractivity contribution in [1.82, 2.24) is 0 Å². The average molecular weight is 245 g/mol. The average Bonchev–Trinajstić information content (AvgIpc) is 2.66. The summed E-state index contributed by atoms with van der Waals surface area (Å²) in [5.41, 5.74) is 9.34. The Morgan fingerprint density at radius 1 is 1.28 bits per heavy atom. The van der Waals surface area contributed by atoms with Gasteiger partial charge in [0, 0.05) is 16.8 Å². The highest BCUT2D eigenvalue weighted by Gasteiger charge is 2.31. The van der Waals surface area contributed by atoms with Crippen molar-refractivity contribution in [1.29, 1.82) is 0 Å². The third-order valence-electron chi connectivity index (χ3n) is 3.24. The van der Waals surface area contributed by atoms with Crippen LogP contribution < -0.4 is 5.73 Å². The van der Waals surface area contributed by atoms with Gasteiger partial charge in [-0.15, -0.1) is 0 Å². The molecule has 0 aromatic heterocycles. The number of hydrogen-bond donors (Lipinski definition) is 1. The number of esters is 1. The topological polar surface area (TPSA) is 52.3 Å². The van der Waals surface area contributed by atoms with Crippen molar-refractivity contribution in [2.75, 3.05) is 0 Å². The fourth-order valence-corrected chi connectivity index (χ4v) is 2.36. The van der Waals surface area contributed by atoms with Crippen LogP contribution in [0.1, 0.15) is 39.5 Å². The molecule has 0 fully saturated rings. The van der Waals surface area contributed by atoms with Gasteiger partial charge in [-0.25, -0.2) is 4.79 Å². The quantitative estimate of drug-likeness (QED) is 0.600. The van der Waals surface area contributed by atoms with E-state index in [9.17, 15) is 4.79 Å². The maximum atomic E-state index is 11.7. The smallest absolute Gasteiger partial charge is 0.339 e. The van der Waals surface area contributed by atoms with Crippen molar-refractivity contribution in [3.8, 4) is 0 Å². The molecular weight excluding hydrogens is 226 g/mol. The number of ether oxygens (including phenoxy) is 1. The van der Waals surface area contributed by atoms with E-state index in [0.29, 0.717) is 5.76 Å². The molecule has 0 unspecified atom stereocenters. The minimum atomic E-state index is -0.167. The highest BCUT2D eigenvalue weighted by Crippen LogP contribution is 2.37. The highest BCUT2D eigenvalue weighted by molar-refractivity contribution is 5.94. The van der Waals surface area contributed by atoms with Gasteiger partial charge in [-0.1, -0.05) is 6.08 Å². The maximum absolute atomic E-state index is 11.7. The predicted molar refractivity (Wildman–Crippen MR) is 71.4 cm³/mol. The lowest BCUT2D eigenvalue weighted by molar-refractivity contribution is -0.133. The summed E-state index contributed by atoms with van der Waals surface area (Å²) in [7, 11) is 0. The molecule has 2 aliphatic rings. The van der Waals surface area contributed by atoms with Crippen molar-refractivity contribution in [3.63, 3.8) is 0 Å². The minimum absolute atomic E-state index is 0.167. The summed E-state index contributed by atoms with van der Waals surface area (Å²) in [6.07, 6.45) is 9.74. The summed E-state index contributed by atoms with van der Waals surface area (Å²) in [4.78, 5) is 11.7. The van der Waals surface area contributed by atoms with Gasteiger partial charge in [0.25, 0.3) is 0 Å². The molecule has 0 aromatic rings. The van der Waals surface area contributed by atoms with Crippen LogP contribution in [0.5, 0.6) is 0 Å². The second-order valence-corrected chi connectivity index (χ2v) is 4.74. The molecule has 0 saturated heterocycles. The lowest BCUT2D eigenvalue weighted by Gasteiger charge is -2.10. The first-order chi connectivity index (χ1) is 8.61. The molecule has 18 heavy (non-hydrogen) atoms. The molecule has 0 spiro atoms. The number of rotatable bonds is 2. The number of carbonyl (C=O) groups excluding carboxylic acids is 1. The van der Waals surface area contributed by atoms with Crippen LogP contribution in [0.3, 0.4) is 0 Å². The van der Waals surface area contributed by atoms with Crippen LogP contribution >= 0.6 is 0 Å². The fraction of sp³-hybridized carbons (Fsp3) is 0.400. The molecule has 96 valence electrons. The van der Waals surface area contributed by atoms with Gasteiger partial charge in [-0.3, -0.25) is 0 Å². The molecule has 1 aliphatic heterocycles. The van der Waals surface area contributed by atoms with Crippen LogP contribution in [-0.4, -0.2) is 5.97 Å². The SMILES string of the molecule is C/C=C(/C=C1\OC(=O)C2=C1CCCC2)\C=C(/C)N. The summed E-state index contributed by atoms with van der Waals surface area (Å²) in [6.45, 7) is 3.78. The third kappa shape index (κ3) is 2.55. The zero-order valence-corrected chi connectivity index (χ0v) is 11.0. The number of hydrogen-bond acceptors (Lipinski definition) is 3. The summed E-state index contributed by atoms with van der Waals surface area (Å²) in [6, 6.07) is 0. The molecule has 0 bridgehead atoms. The Hall–Kier alpha value is -1.77. The molecular formula is C15H19NO2. The molecule has 0 amide bonds. The van der Waals surface area contributed by atoms with Crippen LogP contribution in [0.4, 0.5) is 0 Å². The fourth-order valence-electron chi connectivity index (χ4n) is 2.36. The number of nitrogens with two attached hydrogens (primary N) is 1. The first-order valence-electron chi connectivity index (χ1n) is 6.38. The minimum Gasteiger partial charge on any atom is -0.423 e. The molecule has 0 aromatic carbocycles. The van der Waals surface area contributed by atoms with Gasteiger partial charge in [0.1, 0.15) is 5.76 Å². The lowest BCUT2D eigenvalue weighted by atomic mass is 9.92. The number of cyclic esters (lactones) is 1. The van der Waals surface area contributed by atoms with E-state index >= 15 is 0 Å². The molecule has 3 nitrogen and oxygen atoms in total. The van der Waals surface area contributed by atoms with E-state index in [2.05, 4.69) is 0 Å². The van der Waals surface area contributed by atoms with Gasteiger partial charge in [0.05, 0.1) is 0 Å². The first kappa shape index (κ1) is 12.7. The standard InChI is InChI=1S/C15H19NO2/c1-3-11(8-10(2)16)9-14-12-6-4-5-7-13(12)15(17)18-14/h3,8-9H,4-7,16H2,1-2H3/b10-8+,11-3+,14-9-. The molecule has 0 saturated carbocycles. The Labute approximate surface area is 108 Å². The van der Waals surface area contributed by atoms with Gasteiger partial charge in [-0.2, -0.15) is 0 Å². The van der Waals surface area contributed by atoms with Crippen molar-refractivity contribution < 1.29 is 9.53 Å². The Morgan fingerprint density at radius 3 is 2.56 bits per heavy atom. The predicted octanol–water partition coefficient (Wildman–Crippen LogP) is 3.11. The number of carbonyl (C=O) groups is 1. The molecule has 3 heteroatoms. The first-order valence-corrected chi connectivity index (χ1v) is 6.38. The summed E-state index contributed by atoms with van der Waals surface area (Å²) < 4.78 is 5.36. The summed E-state index contributed by atoms with van der Waals surface area (Å²) >= 11 is 0. The molecule has 1 heterocycles. The van der Waals surface area contributed by atoms with E-state index < -0.39 is 0 Å². The van der Waals surface area contributed by atoms with Gasteiger partial charge >= 0.3 is 5.97 Å². The lowest BCUT2D eigenvalue weighted by Crippen LogP contribution is -2.01. The van der Waals surface area contributed by atoms with E-state index in [1.165, 1.54) is 0 Å². The molecule has 1 aliphatic carbocycles. The van der Waals surface area contributed by atoms with E-state index in [4.69, 9.17) is 10.5 Å². The van der Waals surface area contributed by atoms with E-state index in [-0.39, 0.29) is 5.97 Å². The zero-order chi connectivity index (χ0) is 13.1. The van der Waals surface area contributed by atoms with Gasteiger partial charge < -0.3 is 10.5 Å². The Kier molecular flexibility index (Phi) is 3.70. The zero-order valence-electron chi connectivity index (χ0n) is 11.0. The summed E-state index contributed by atoms with van der Waals surface area (Å²) in [5.74, 6) is 0.542. The summed E-state index contributed by atoms with van der Waals surface area (Å²) in [5, 5.41) is 0. The van der Waals surface area contributed by atoms with Crippen LogP contribution in [0, 0.1) is 0 Å². The van der Waals surface area contributed by atoms with E-state index in [1.807, 2.05) is 32.1 Å². The van der Waals surface area contributed by atoms with Gasteiger partial charge in [0.2, 0.25) is 0 Å². The largest absolute Gasteiger partial charge is 0.423 e. The second kappa shape index (κ2) is 5.25. The second-order valence-electron chi connectivity index (χ2n) is 4.74. The van der Waals surface area contributed by atoms with E-state index in [0.717, 1.165) is 48.1 Å². The van der Waals surface area contributed by atoms with Gasteiger partial charge in [0.15, 0.2) is 0 Å². The van der Waals surface area contributed by atoms with Crippen LogP contribution in [0.2, 0.25) is 0 Å². The molecule has 2 rings (SSSR count). The van der Waals surface area contributed by atoms with Crippen LogP contribution in [-0.2, 0) is 9.53 Å². The van der Waals surface area contributed by atoms with Crippen LogP contribution in [0.25, 0.3) is 0 Å². The van der Waals surface area contributed by atoms with Crippen LogP contribution in [0.15, 0.2) is 46.4 Å². The Balaban J connectivity index is 2.32. The maximum Gasteiger partial charge on any atom is 0.339 e. The monoisotopic (exact) mass is 245 g/mol. The van der Waals surface area contributed by atoms with Crippen molar-refractivity contribution in [2.24, 2.45) is 5.73 Å². The van der Waals surface area contributed by atoms with Crippen molar-refractivity contribution in [3.05, 3.63) is 46.4 Å². The Bertz CT molecular complexity index is 489. The van der Waals surface area contributed by atoms with E-state index in [1.54, 1.807) is 0 Å². The normalized spacial score (nSPS) is 23.4. The number of allylic oxidation sites excluding steroid dienone is 6. The molecule has 0 radical (unpaired) electrons. The molecule has 0 atom stereocenters.